The average Bonchev–Trinajstić information content (AvgIpc) is 2.51. The monoisotopic (exact) mass is 352 g/mol. The van der Waals surface area contributed by atoms with Crippen molar-refractivity contribution in [2.24, 2.45) is 0 Å². The molecule has 2 rings (SSSR count). The summed E-state index contributed by atoms with van der Waals surface area (Å²) in [5.74, 6) is 3.32. The second kappa shape index (κ2) is 6.72. The highest BCUT2D eigenvalue weighted by Crippen LogP contribution is 2.36. The molecule has 1 N–H and O–H groups in total. The fourth-order valence-electron chi connectivity index (χ4n) is 2.83. The van der Waals surface area contributed by atoms with Crippen LogP contribution in [-0.4, -0.2) is 21.3 Å². The van der Waals surface area contributed by atoms with Crippen molar-refractivity contribution in [3.05, 3.63) is 60.7 Å². The van der Waals surface area contributed by atoms with E-state index in [2.05, 4.69) is 75.0 Å². The van der Waals surface area contributed by atoms with Crippen LogP contribution < -0.4 is 0 Å². The van der Waals surface area contributed by atoms with Crippen molar-refractivity contribution in [3.63, 3.8) is 0 Å². The summed E-state index contributed by atoms with van der Waals surface area (Å²) in [7, 11) is -3.68. The molecular weight excluding hydrogens is 324 g/mol. The SMILES string of the molecule is C=CC[Si](C)(C)C(O)(C#C[Si](C)(C)C)c1ccc2ccccc2c1. The molecule has 0 spiro atoms. The van der Waals surface area contributed by atoms with E-state index in [9.17, 15) is 5.11 Å². The maximum Gasteiger partial charge on any atom is 0.136 e. The molecule has 126 valence electrons. The van der Waals surface area contributed by atoms with Gasteiger partial charge in [-0.25, -0.2) is 0 Å². The third-order valence-electron chi connectivity index (χ3n) is 4.42. The van der Waals surface area contributed by atoms with Crippen molar-refractivity contribution in [2.45, 2.75) is 44.0 Å². The van der Waals surface area contributed by atoms with Gasteiger partial charge in [-0.2, -0.15) is 0 Å². The first kappa shape index (κ1) is 18.7. The zero-order chi connectivity index (χ0) is 18.0. The Morgan fingerprint density at radius 2 is 1.67 bits per heavy atom. The quantitative estimate of drug-likeness (QED) is 0.447. The predicted octanol–water partition coefficient (Wildman–Crippen LogP) is 5.34. The smallest absolute Gasteiger partial charge is 0.136 e. The van der Waals surface area contributed by atoms with E-state index in [1.807, 2.05) is 24.3 Å². The number of aliphatic hydroxyl groups is 1. The Morgan fingerprint density at radius 1 is 1.04 bits per heavy atom. The average molecular weight is 353 g/mol. The summed E-state index contributed by atoms with van der Waals surface area (Å²) in [6.07, 6.45) is 1.93. The molecule has 0 aliphatic heterocycles. The molecule has 0 aliphatic carbocycles. The zero-order valence-electron chi connectivity index (χ0n) is 15.5. The van der Waals surface area contributed by atoms with Crippen LogP contribution in [0.2, 0.25) is 38.8 Å². The number of benzene rings is 2. The van der Waals surface area contributed by atoms with E-state index in [4.69, 9.17) is 0 Å². The van der Waals surface area contributed by atoms with Crippen molar-refractivity contribution >= 4 is 26.9 Å². The minimum atomic E-state index is -2.10. The molecule has 0 aliphatic rings. The molecule has 24 heavy (non-hydrogen) atoms. The van der Waals surface area contributed by atoms with Crippen molar-refractivity contribution in [3.8, 4) is 11.5 Å². The zero-order valence-corrected chi connectivity index (χ0v) is 17.5. The van der Waals surface area contributed by atoms with E-state index in [0.29, 0.717) is 0 Å². The Labute approximate surface area is 148 Å². The minimum absolute atomic E-state index is 0.830. The van der Waals surface area contributed by atoms with Gasteiger partial charge in [-0.15, -0.1) is 12.1 Å². The first-order valence-electron chi connectivity index (χ1n) is 8.46. The molecule has 0 amide bonds. The predicted molar refractivity (Wildman–Crippen MR) is 111 cm³/mol. The maximum atomic E-state index is 11.7. The molecule has 2 aromatic rings. The Balaban J connectivity index is 2.67. The van der Waals surface area contributed by atoms with E-state index in [0.717, 1.165) is 17.0 Å². The molecule has 0 fully saturated rings. The van der Waals surface area contributed by atoms with Crippen LogP contribution in [-0.2, 0) is 5.22 Å². The van der Waals surface area contributed by atoms with Gasteiger partial charge >= 0.3 is 0 Å². The van der Waals surface area contributed by atoms with Crippen LogP contribution >= 0.6 is 0 Å². The second-order valence-corrected chi connectivity index (χ2v) is 17.8. The van der Waals surface area contributed by atoms with Crippen LogP contribution in [0.5, 0.6) is 0 Å². The van der Waals surface area contributed by atoms with Crippen LogP contribution in [0.3, 0.4) is 0 Å². The van der Waals surface area contributed by atoms with E-state index in [1.54, 1.807) is 0 Å². The van der Waals surface area contributed by atoms with Gasteiger partial charge in [0.25, 0.3) is 0 Å². The second-order valence-electron chi connectivity index (χ2n) is 8.15. The topological polar surface area (TPSA) is 20.2 Å². The van der Waals surface area contributed by atoms with Crippen molar-refractivity contribution in [1.82, 2.24) is 0 Å². The summed E-state index contributed by atoms with van der Waals surface area (Å²) < 4.78 is 0. The Hall–Kier alpha value is -1.61. The molecule has 3 heteroatoms. The maximum absolute atomic E-state index is 11.7. The van der Waals surface area contributed by atoms with Gasteiger partial charge in [0, 0.05) is 0 Å². The van der Waals surface area contributed by atoms with Gasteiger partial charge in [0.1, 0.15) is 21.4 Å². The molecule has 1 unspecified atom stereocenters. The van der Waals surface area contributed by atoms with Crippen LogP contribution in [0.1, 0.15) is 5.56 Å². The number of hydrogen-bond donors (Lipinski definition) is 1. The van der Waals surface area contributed by atoms with E-state index >= 15 is 0 Å². The van der Waals surface area contributed by atoms with Crippen LogP contribution in [0.25, 0.3) is 10.8 Å². The first-order valence-corrected chi connectivity index (χ1v) is 15.2. The van der Waals surface area contributed by atoms with Gasteiger partial charge in [0.05, 0.1) is 0 Å². The molecule has 1 atom stereocenters. The van der Waals surface area contributed by atoms with Gasteiger partial charge < -0.3 is 5.11 Å². The van der Waals surface area contributed by atoms with E-state index < -0.39 is 21.4 Å². The number of rotatable bonds is 4. The molecule has 0 bridgehead atoms. The lowest BCUT2D eigenvalue weighted by molar-refractivity contribution is 0.177. The third kappa shape index (κ3) is 3.89. The molecule has 1 nitrogen and oxygen atoms in total. The van der Waals surface area contributed by atoms with Gasteiger partial charge in [0.2, 0.25) is 0 Å². The summed E-state index contributed by atoms with van der Waals surface area (Å²) in [4.78, 5) is 0. The van der Waals surface area contributed by atoms with Gasteiger partial charge in [-0.3, -0.25) is 0 Å². The Bertz CT molecular complexity index is 806. The number of hydrogen-bond acceptors (Lipinski definition) is 1. The molecule has 0 saturated heterocycles. The Kier molecular flexibility index (Phi) is 5.24. The lowest BCUT2D eigenvalue weighted by Gasteiger charge is -2.37. The molecule has 0 heterocycles. The van der Waals surface area contributed by atoms with Crippen molar-refractivity contribution in [1.29, 1.82) is 0 Å². The molecule has 0 radical (unpaired) electrons. The summed E-state index contributed by atoms with van der Waals surface area (Å²) >= 11 is 0. The standard InChI is InChI=1S/C21H28OSi2/c1-7-15-24(5,6)21(22,14-16-23(2,3)4)20-13-12-18-10-8-9-11-19(18)17-20/h7-13,17,22H,1,15H2,2-6H3. The Morgan fingerprint density at radius 3 is 2.25 bits per heavy atom. The molecular formula is C21H28OSi2. The highest BCUT2D eigenvalue weighted by atomic mass is 28.3. The van der Waals surface area contributed by atoms with E-state index in [1.165, 1.54) is 5.39 Å². The van der Waals surface area contributed by atoms with Crippen LogP contribution in [0, 0.1) is 11.5 Å². The minimum Gasteiger partial charge on any atom is -0.377 e. The summed E-state index contributed by atoms with van der Waals surface area (Å²) in [6, 6.07) is 15.3. The normalized spacial score (nSPS) is 14.6. The summed E-state index contributed by atoms with van der Waals surface area (Å²) in [6.45, 7) is 14.9. The third-order valence-corrected chi connectivity index (χ3v) is 8.98. The van der Waals surface area contributed by atoms with Crippen LogP contribution in [0.4, 0.5) is 0 Å². The van der Waals surface area contributed by atoms with Gasteiger partial charge in [-0.1, -0.05) is 81.1 Å². The highest BCUT2D eigenvalue weighted by Gasteiger charge is 2.45. The molecule has 2 aromatic carbocycles. The fraction of sp³-hybridized carbons (Fsp3) is 0.333. The van der Waals surface area contributed by atoms with Crippen molar-refractivity contribution < 1.29 is 5.11 Å². The fourth-order valence-corrected chi connectivity index (χ4v) is 5.87. The summed E-state index contributed by atoms with van der Waals surface area (Å²) in [5.41, 5.74) is 4.33. The lowest BCUT2D eigenvalue weighted by Crippen LogP contribution is -2.51. The summed E-state index contributed by atoms with van der Waals surface area (Å²) in [5, 5.41) is 13.0. The number of fused-ring (bicyclic) bond motifs is 1. The van der Waals surface area contributed by atoms with Gasteiger partial charge in [-0.05, 0) is 28.4 Å². The molecule has 0 saturated carbocycles. The lowest BCUT2D eigenvalue weighted by atomic mass is 10.0. The number of allylic oxidation sites excluding steroid dienone is 1. The van der Waals surface area contributed by atoms with Gasteiger partial charge in [0.15, 0.2) is 0 Å². The van der Waals surface area contributed by atoms with Crippen LogP contribution in [0.15, 0.2) is 55.1 Å². The van der Waals surface area contributed by atoms with Crippen molar-refractivity contribution in [2.75, 3.05) is 0 Å². The largest absolute Gasteiger partial charge is 0.377 e. The molecule has 0 aromatic heterocycles. The van der Waals surface area contributed by atoms with E-state index in [-0.39, 0.29) is 0 Å². The first-order chi connectivity index (χ1) is 11.1. The highest BCUT2D eigenvalue weighted by molar-refractivity contribution is 6.84.